The van der Waals surface area contributed by atoms with E-state index in [-0.39, 0.29) is 24.3 Å². The summed E-state index contributed by atoms with van der Waals surface area (Å²) in [5.74, 6) is -0.175. The van der Waals surface area contributed by atoms with Gasteiger partial charge >= 0.3 is 5.97 Å². The lowest BCUT2D eigenvalue weighted by atomic mass is 9.97. The Morgan fingerprint density at radius 1 is 1.30 bits per heavy atom. The third kappa shape index (κ3) is 5.21. The van der Waals surface area contributed by atoms with Gasteiger partial charge in [-0.2, -0.15) is 0 Å². The van der Waals surface area contributed by atoms with Gasteiger partial charge < -0.3 is 15.0 Å². The number of nitrogens with zero attached hydrogens (tertiary/aromatic N) is 1. The topological polar surface area (TPSA) is 58.6 Å². The van der Waals surface area contributed by atoms with Gasteiger partial charge in [0.2, 0.25) is 5.91 Å². The minimum absolute atomic E-state index is 0.0436. The number of halogens is 2. The number of benzene rings is 1. The molecule has 2 rings (SSSR count). The third-order valence-corrected chi connectivity index (χ3v) is 4.98. The van der Waals surface area contributed by atoms with Gasteiger partial charge in [0.15, 0.2) is 0 Å². The molecule has 1 heterocycles. The summed E-state index contributed by atoms with van der Waals surface area (Å²) in [6.07, 6.45) is 1.35. The second-order valence-electron chi connectivity index (χ2n) is 5.38. The number of likely N-dealkylation sites (tertiary alicyclic amines) is 1. The van der Waals surface area contributed by atoms with Crippen LogP contribution >= 0.6 is 31.9 Å². The molecule has 0 aromatic heterocycles. The van der Waals surface area contributed by atoms with Crippen LogP contribution in [0.1, 0.15) is 19.8 Å². The Balaban J connectivity index is 1.80. The Labute approximate surface area is 153 Å². The van der Waals surface area contributed by atoms with Gasteiger partial charge in [-0.1, -0.05) is 15.9 Å². The molecule has 0 radical (unpaired) electrons. The second kappa shape index (κ2) is 8.68. The fourth-order valence-corrected chi connectivity index (χ4v) is 3.73. The molecule has 0 spiro atoms. The Morgan fingerprint density at radius 3 is 2.61 bits per heavy atom. The quantitative estimate of drug-likeness (QED) is 0.702. The Morgan fingerprint density at radius 2 is 2.00 bits per heavy atom. The lowest BCUT2D eigenvalue weighted by Gasteiger charge is -2.31. The van der Waals surface area contributed by atoms with E-state index < -0.39 is 0 Å². The van der Waals surface area contributed by atoms with Crippen LogP contribution < -0.4 is 5.32 Å². The maximum absolute atomic E-state index is 12.3. The first-order valence-corrected chi connectivity index (χ1v) is 9.23. The summed E-state index contributed by atoms with van der Waals surface area (Å²) in [5.41, 5.74) is 0.878. The van der Waals surface area contributed by atoms with Crippen molar-refractivity contribution in [2.75, 3.05) is 31.6 Å². The number of anilines is 1. The molecule has 1 saturated heterocycles. The molecule has 0 atom stereocenters. The van der Waals surface area contributed by atoms with E-state index >= 15 is 0 Å². The Kier molecular flexibility index (Phi) is 6.89. The van der Waals surface area contributed by atoms with Crippen molar-refractivity contribution in [2.45, 2.75) is 19.8 Å². The van der Waals surface area contributed by atoms with Gasteiger partial charge in [-0.05, 0) is 53.9 Å². The minimum atomic E-state index is -0.142. The molecule has 23 heavy (non-hydrogen) atoms. The van der Waals surface area contributed by atoms with E-state index in [9.17, 15) is 9.59 Å². The molecular weight excluding hydrogens is 428 g/mol. The smallest absolute Gasteiger partial charge is 0.309 e. The van der Waals surface area contributed by atoms with Crippen molar-refractivity contribution < 1.29 is 14.3 Å². The standard InChI is InChI=1S/C16H20Br2N2O3/c1-2-23-16(22)11-5-7-20(8-6-11)15(21)10-19-14-4-3-12(17)9-13(14)18/h3-4,9,11,19H,2,5-8,10H2,1H3. The number of esters is 1. The highest BCUT2D eigenvalue weighted by Gasteiger charge is 2.27. The van der Waals surface area contributed by atoms with Crippen molar-refractivity contribution in [3.8, 4) is 0 Å². The first kappa shape index (κ1) is 18.3. The van der Waals surface area contributed by atoms with Crippen molar-refractivity contribution in [3.05, 3.63) is 27.1 Å². The van der Waals surface area contributed by atoms with Crippen LogP contribution in [0.15, 0.2) is 27.1 Å². The molecule has 7 heteroatoms. The zero-order chi connectivity index (χ0) is 16.8. The van der Waals surface area contributed by atoms with Crippen LogP contribution in [0, 0.1) is 5.92 Å². The van der Waals surface area contributed by atoms with E-state index in [0.717, 1.165) is 14.6 Å². The van der Waals surface area contributed by atoms with E-state index in [4.69, 9.17) is 4.74 Å². The van der Waals surface area contributed by atoms with E-state index in [1.165, 1.54) is 0 Å². The monoisotopic (exact) mass is 446 g/mol. The van der Waals surface area contributed by atoms with Crippen LogP contribution in [0.3, 0.4) is 0 Å². The molecule has 5 nitrogen and oxygen atoms in total. The lowest BCUT2D eigenvalue weighted by molar-refractivity contribution is -0.151. The maximum Gasteiger partial charge on any atom is 0.309 e. The SMILES string of the molecule is CCOC(=O)C1CCN(C(=O)CNc2ccc(Br)cc2Br)CC1. The zero-order valence-corrected chi connectivity index (χ0v) is 16.2. The molecule has 1 aliphatic rings. The third-order valence-electron chi connectivity index (χ3n) is 3.83. The molecule has 1 amide bonds. The van der Waals surface area contributed by atoms with Crippen LogP contribution in [0.2, 0.25) is 0 Å². The van der Waals surface area contributed by atoms with Crippen LogP contribution in [0.25, 0.3) is 0 Å². The lowest BCUT2D eigenvalue weighted by Crippen LogP contribution is -2.43. The van der Waals surface area contributed by atoms with Gasteiger partial charge in [0.05, 0.1) is 19.1 Å². The Hall–Kier alpha value is -1.08. The van der Waals surface area contributed by atoms with Crippen LogP contribution in [-0.2, 0) is 14.3 Å². The molecule has 0 bridgehead atoms. The average Bonchev–Trinajstić information content (AvgIpc) is 2.54. The molecule has 1 fully saturated rings. The van der Waals surface area contributed by atoms with E-state index in [1.807, 2.05) is 25.1 Å². The molecule has 1 N–H and O–H groups in total. The number of amides is 1. The highest BCUT2D eigenvalue weighted by molar-refractivity contribution is 9.11. The number of nitrogens with one attached hydrogen (secondary N) is 1. The fraction of sp³-hybridized carbons (Fsp3) is 0.500. The van der Waals surface area contributed by atoms with E-state index in [1.54, 1.807) is 4.90 Å². The van der Waals surface area contributed by atoms with Crippen molar-refractivity contribution in [3.63, 3.8) is 0 Å². The summed E-state index contributed by atoms with van der Waals surface area (Å²) >= 11 is 6.86. The van der Waals surface area contributed by atoms with Crippen molar-refractivity contribution in [1.29, 1.82) is 0 Å². The summed E-state index contributed by atoms with van der Waals surface area (Å²) in [6.45, 7) is 3.66. The first-order valence-electron chi connectivity index (χ1n) is 7.64. The molecule has 1 aromatic rings. The van der Waals surface area contributed by atoms with E-state index in [0.29, 0.717) is 32.5 Å². The number of hydrogen-bond acceptors (Lipinski definition) is 4. The van der Waals surface area contributed by atoms with Gasteiger partial charge in [0.25, 0.3) is 0 Å². The number of ether oxygens (including phenoxy) is 1. The molecule has 1 aromatic carbocycles. The molecular formula is C16H20Br2N2O3. The summed E-state index contributed by atoms with van der Waals surface area (Å²) in [6, 6.07) is 5.76. The summed E-state index contributed by atoms with van der Waals surface area (Å²) in [4.78, 5) is 25.8. The normalized spacial score (nSPS) is 15.3. The number of rotatable bonds is 5. The van der Waals surface area contributed by atoms with Gasteiger partial charge in [-0.25, -0.2) is 0 Å². The van der Waals surface area contributed by atoms with E-state index in [2.05, 4.69) is 37.2 Å². The molecule has 1 aliphatic heterocycles. The highest BCUT2D eigenvalue weighted by Crippen LogP contribution is 2.26. The van der Waals surface area contributed by atoms with Crippen molar-refractivity contribution >= 4 is 49.4 Å². The summed E-state index contributed by atoms with van der Waals surface area (Å²) < 4.78 is 6.92. The molecule has 0 unspecified atom stereocenters. The average molecular weight is 448 g/mol. The van der Waals surface area contributed by atoms with Gasteiger partial charge in [0.1, 0.15) is 0 Å². The molecule has 0 aliphatic carbocycles. The molecule has 126 valence electrons. The van der Waals surface area contributed by atoms with Gasteiger partial charge in [-0.15, -0.1) is 0 Å². The van der Waals surface area contributed by atoms with Crippen LogP contribution in [0.4, 0.5) is 5.69 Å². The summed E-state index contributed by atoms with van der Waals surface area (Å²) in [5, 5.41) is 3.14. The maximum atomic E-state index is 12.3. The van der Waals surface area contributed by atoms with Gasteiger partial charge in [-0.3, -0.25) is 9.59 Å². The zero-order valence-electron chi connectivity index (χ0n) is 13.0. The Bertz CT molecular complexity index is 572. The number of piperidine rings is 1. The van der Waals surface area contributed by atoms with Crippen molar-refractivity contribution in [2.24, 2.45) is 5.92 Å². The fourth-order valence-electron chi connectivity index (χ4n) is 2.54. The number of carbonyl (C=O) groups is 2. The van der Waals surface area contributed by atoms with Crippen LogP contribution in [-0.4, -0.2) is 43.0 Å². The largest absolute Gasteiger partial charge is 0.466 e. The first-order chi connectivity index (χ1) is 11.0. The highest BCUT2D eigenvalue weighted by atomic mass is 79.9. The van der Waals surface area contributed by atoms with Gasteiger partial charge in [0, 0.05) is 27.7 Å². The van der Waals surface area contributed by atoms with Crippen LogP contribution in [0.5, 0.6) is 0 Å². The minimum Gasteiger partial charge on any atom is -0.466 e. The second-order valence-corrected chi connectivity index (χ2v) is 7.15. The predicted molar refractivity (Wildman–Crippen MR) is 96.3 cm³/mol. The predicted octanol–water partition coefficient (Wildman–Crippen LogP) is 3.43. The summed E-state index contributed by atoms with van der Waals surface area (Å²) in [7, 11) is 0. The van der Waals surface area contributed by atoms with Crippen molar-refractivity contribution in [1.82, 2.24) is 4.90 Å². The number of hydrogen-bond donors (Lipinski definition) is 1. The molecule has 0 saturated carbocycles. The number of carbonyl (C=O) groups excluding carboxylic acids is 2.